The summed E-state index contributed by atoms with van der Waals surface area (Å²) in [5, 5.41) is 8.73. The second kappa shape index (κ2) is 8.56. The molecule has 0 aliphatic heterocycles. The Balaban J connectivity index is 2.75. The van der Waals surface area contributed by atoms with E-state index in [1.165, 1.54) is 0 Å². The zero-order valence-corrected chi connectivity index (χ0v) is 13.3. The third-order valence-electron chi connectivity index (χ3n) is 3.36. The number of likely N-dealkylation sites (N-methyl/N-ethyl adjacent to an activating group) is 1. The minimum absolute atomic E-state index is 0.371. The molecule has 0 spiro atoms. The van der Waals surface area contributed by atoms with Gasteiger partial charge in [0.25, 0.3) is 0 Å². The highest BCUT2D eigenvalue weighted by molar-refractivity contribution is 6.31. The van der Waals surface area contributed by atoms with E-state index >= 15 is 0 Å². The first-order valence-corrected chi connectivity index (χ1v) is 7.54. The monoisotopic (exact) mass is 287 g/mol. The third kappa shape index (κ3) is 4.48. The topological polar surface area (TPSA) is 39.1 Å². The maximum absolute atomic E-state index is 6.43. The number of aromatic nitrogens is 2. The van der Waals surface area contributed by atoms with Crippen LogP contribution in [0.25, 0.3) is 0 Å². The molecule has 0 fully saturated rings. The van der Waals surface area contributed by atoms with E-state index in [4.69, 9.17) is 16.3 Å². The van der Waals surface area contributed by atoms with Crippen LogP contribution in [0.1, 0.15) is 38.6 Å². The number of halogens is 1. The van der Waals surface area contributed by atoms with Gasteiger partial charge in [-0.3, -0.25) is 4.68 Å². The molecule has 0 aliphatic rings. The van der Waals surface area contributed by atoms with Gasteiger partial charge in [-0.25, -0.2) is 0 Å². The Labute approximate surface area is 121 Å². The predicted molar refractivity (Wildman–Crippen MR) is 80.0 cm³/mol. The third-order valence-corrected chi connectivity index (χ3v) is 3.79. The van der Waals surface area contributed by atoms with Crippen LogP contribution in [0.5, 0.6) is 0 Å². The molecule has 0 saturated carbocycles. The number of rotatable bonds is 9. The summed E-state index contributed by atoms with van der Waals surface area (Å²) in [5.41, 5.74) is 2.13. The molecule has 19 heavy (non-hydrogen) atoms. The molecule has 1 unspecified atom stereocenters. The van der Waals surface area contributed by atoms with Crippen molar-refractivity contribution in [3.8, 4) is 0 Å². The van der Waals surface area contributed by atoms with Crippen molar-refractivity contribution < 1.29 is 4.74 Å². The molecule has 1 rings (SSSR count). The van der Waals surface area contributed by atoms with Gasteiger partial charge in [0.05, 0.1) is 16.4 Å². The van der Waals surface area contributed by atoms with Crippen molar-refractivity contribution in [3.05, 3.63) is 16.4 Å². The fourth-order valence-electron chi connectivity index (χ4n) is 2.16. The van der Waals surface area contributed by atoms with Crippen LogP contribution < -0.4 is 5.32 Å². The molecule has 1 aromatic heterocycles. The predicted octanol–water partition coefficient (Wildman–Crippen LogP) is 2.68. The van der Waals surface area contributed by atoms with Crippen molar-refractivity contribution in [1.82, 2.24) is 15.1 Å². The molecule has 0 amide bonds. The number of nitrogens with zero attached hydrogens (tertiary/aromatic N) is 2. The lowest BCUT2D eigenvalue weighted by Crippen LogP contribution is -2.30. The molecule has 1 atom stereocenters. The maximum Gasteiger partial charge on any atom is 0.0850 e. The second-order valence-corrected chi connectivity index (χ2v) is 4.93. The zero-order chi connectivity index (χ0) is 14.3. The molecule has 0 aliphatic carbocycles. The Kier molecular flexibility index (Phi) is 7.42. The minimum atomic E-state index is 0.371. The van der Waals surface area contributed by atoms with Crippen LogP contribution in [0.15, 0.2) is 0 Å². The highest BCUT2D eigenvalue weighted by Crippen LogP contribution is 2.23. The zero-order valence-electron chi connectivity index (χ0n) is 12.5. The highest BCUT2D eigenvalue weighted by atomic mass is 35.5. The van der Waals surface area contributed by atoms with Gasteiger partial charge in [0, 0.05) is 32.2 Å². The van der Waals surface area contributed by atoms with Gasteiger partial charge in [0.15, 0.2) is 0 Å². The van der Waals surface area contributed by atoms with Crippen LogP contribution >= 0.6 is 11.6 Å². The van der Waals surface area contributed by atoms with Gasteiger partial charge >= 0.3 is 0 Å². The van der Waals surface area contributed by atoms with Gasteiger partial charge in [-0.05, 0) is 33.7 Å². The molecular weight excluding hydrogens is 262 g/mol. The SMILES string of the molecule is CCOCCC(Cc1c(Cl)c(CC)nn1CC)NC. The minimum Gasteiger partial charge on any atom is -0.382 e. The quantitative estimate of drug-likeness (QED) is 0.710. The van der Waals surface area contributed by atoms with Crippen molar-refractivity contribution in [1.29, 1.82) is 0 Å². The molecule has 1 heterocycles. The van der Waals surface area contributed by atoms with Crippen molar-refractivity contribution >= 4 is 11.6 Å². The van der Waals surface area contributed by atoms with Crippen LogP contribution in [0.4, 0.5) is 0 Å². The number of hydrogen-bond donors (Lipinski definition) is 1. The molecule has 5 heteroatoms. The van der Waals surface area contributed by atoms with E-state index in [9.17, 15) is 0 Å². The van der Waals surface area contributed by atoms with E-state index < -0.39 is 0 Å². The van der Waals surface area contributed by atoms with Gasteiger partial charge in [-0.1, -0.05) is 18.5 Å². The lowest BCUT2D eigenvalue weighted by molar-refractivity contribution is 0.137. The highest BCUT2D eigenvalue weighted by Gasteiger charge is 2.17. The van der Waals surface area contributed by atoms with Gasteiger partial charge < -0.3 is 10.1 Å². The molecule has 0 saturated heterocycles. The van der Waals surface area contributed by atoms with E-state index in [2.05, 4.69) is 24.3 Å². The number of hydrogen-bond acceptors (Lipinski definition) is 3. The summed E-state index contributed by atoms with van der Waals surface area (Å²) in [6.07, 6.45) is 2.75. The Morgan fingerprint density at radius 3 is 2.63 bits per heavy atom. The summed E-state index contributed by atoms with van der Waals surface area (Å²) >= 11 is 6.43. The molecule has 0 aromatic carbocycles. The first kappa shape index (κ1) is 16.5. The average molecular weight is 288 g/mol. The first-order valence-electron chi connectivity index (χ1n) is 7.16. The molecular formula is C14H26ClN3O. The maximum atomic E-state index is 6.43. The fourth-order valence-corrected chi connectivity index (χ4v) is 2.51. The Morgan fingerprint density at radius 2 is 2.11 bits per heavy atom. The Morgan fingerprint density at radius 1 is 1.37 bits per heavy atom. The van der Waals surface area contributed by atoms with Crippen LogP contribution in [0.2, 0.25) is 5.02 Å². The van der Waals surface area contributed by atoms with Crippen LogP contribution in [0.3, 0.4) is 0 Å². The smallest absolute Gasteiger partial charge is 0.0850 e. The van der Waals surface area contributed by atoms with Gasteiger partial charge in [-0.15, -0.1) is 0 Å². The molecule has 0 bridgehead atoms. The van der Waals surface area contributed by atoms with Crippen LogP contribution in [-0.2, 0) is 24.1 Å². The summed E-state index contributed by atoms with van der Waals surface area (Å²) in [6.45, 7) is 8.61. The van der Waals surface area contributed by atoms with E-state index in [0.717, 1.165) is 55.4 Å². The standard InChI is InChI=1S/C14H26ClN3O/c1-5-12-14(15)13(18(6-2)17-12)10-11(16-4)8-9-19-7-3/h11,16H,5-10H2,1-4H3. The van der Waals surface area contributed by atoms with E-state index in [1.807, 2.05) is 18.7 Å². The van der Waals surface area contributed by atoms with Crippen molar-refractivity contribution in [2.75, 3.05) is 20.3 Å². The van der Waals surface area contributed by atoms with Crippen molar-refractivity contribution in [2.45, 2.75) is 52.6 Å². The van der Waals surface area contributed by atoms with Crippen LogP contribution in [0, 0.1) is 0 Å². The lowest BCUT2D eigenvalue weighted by Gasteiger charge is -2.17. The molecule has 4 nitrogen and oxygen atoms in total. The molecule has 1 aromatic rings. The Hall–Kier alpha value is -0.580. The first-order chi connectivity index (χ1) is 9.17. The number of nitrogens with one attached hydrogen (secondary N) is 1. The molecule has 110 valence electrons. The summed E-state index contributed by atoms with van der Waals surface area (Å²) in [4.78, 5) is 0. The van der Waals surface area contributed by atoms with E-state index in [-0.39, 0.29) is 0 Å². The summed E-state index contributed by atoms with van der Waals surface area (Å²) < 4.78 is 7.44. The van der Waals surface area contributed by atoms with Crippen molar-refractivity contribution in [2.24, 2.45) is 0 Å². The fraction of sp³-hybridized carbons (Fsp3) is 0.786. The normalized spacial score (nSPS) is 12.9. The van der Waals surface area contributed by atoms with Gasteiger partial charge in [0.2, 0.25) is 0 Å². The van der Waals surface area contributed by atoms with Gasteiger partial charge in [0.1, 0.15) is 0 Å². The molecule has 0 radical (unpaired) electrons. The largest absolute Gasteiger partial charge is 0.382 e. The Bertz CT molecular complexity index is 379. The van der Waals surface area contributed by atoms with Crippen LogP contribution in [-0.4, -0.2) is 36.1 Å². The average Bonchev–Trinajstić information content (AvgIpc) is 2.74. The summed E-state index contributed by atoms with van der Waals surface area (Å²) in [5.74, 6) is 0. The van der Waals surface area contributed by atoms with E-state index in [1.54, 1.807) is 0 Å². The second-order valence-electron chi connectivity index (χ2n) is 4.55. The summed E-state index contributed by atoms with van der Waals surface area (Å²) in [6, 6.07) is 0.371. The summed E-state index contributed by atoms with van der Waals surface area (Å²) in [7, 11) is 1.98. The van der Waals surface area contributed by atoms with Gasteiger partial charge in [-0.2, -0.15) is 5.10 Å². The number of ether oxygens (including phenoxy) is 1. The molecule has 1 N–H and O–H groups in total. The lowest BCUT2D eigenvalue weighted by atomic mass is 10.1. The van der Waals surface area contributed by atoms with Crippen molar-refractivity contribution in [3.63, 3.8) is 0 Å². The number of aryl methyl sites for hydroxylation is 2. The van der Waals surface area contributed by atoms with E-state index in [0.29, 0.717) is 6.04 Å².